The van der Waals surface area contributed by atoms with Crippen LogP contribution in [0.4, 0.5) is 14.5 Å². The Kier molecular flexibility index (Phi) is 3.14. The Labute approximate surface area is 92.3 Å². The number of anilines is 1. The van der Waals surface area contributed by atoms with Gasteiger partial charge in [0.25, 0.3) is 0 Å². The molecule has 0 amide bonds. The first-order valence-electron chi connectivity index (χ1n) is 4.98. The summed E-state index contributed by atoms with van der Waals surface area (Å²) in [6, 6.07) is 3.94. The third kappa shape index (κ3) is 2.62. The molecule has 1 aliphatic heterocycles. The van der Waals surface area contributed by atoms with Gasteiger partial charge in [-0.1, -0.05) is 6.92 Å². The van der Waals surface area contributed by atoms with Gasteiger partial charge in [-0.25, -0.2) is 8.78 Å². The Bertz CT molecular complexity index is 356. The van der Waals surface area contributed by atoms with Gasteiger partial charge in [0.1, 0.15) is 11.6 Å². The van der Waals surface area contributed by atoms with E-state index >= 15 is 0 Å². The lowest BCUT2D eigenvalue weighted by atomic mass is 10.2. The quantitative estimate of drug-likeness (QED) is 0.835. The minimum atomic E-state index is -0.535. The molecule has 4 heteroatoms. The van der Waals surface area contributed by atoms with Crippen LogP contribution in [0.3, 0.4) is 0 Å². The number of rotatable bonds is 2. The zero-order valence-electron chi connectivity index (χ0n) is 8.47. The van der Waals surface area contributed by atoms with Crippen molar-refractivity contribution in [2.75, 3.05) is 11.1 Å². The highest BCUT2D eigenvalue weighted by molar-refractivity contribution is 8.00. The molecule has 1 saturated heterocycles. The highest BCUT2D eigenvalue weighted by Gasteiger charge is 2.22. The topological polar surface area (TPSA) is 12.0 Å². The monoisotopic (exact) mass is 229 g/mol. The van der Waals surface area contributed by atoms with E-state index in [2.05, 4.69) is 12.2 Å². The van der Waals surface area contributed by atoms with Crippen molar-refractivity contribution in [2.24, 2.45) is 0 Å². The van der Waals surface area contributed by atoms with Crippen molar-refractivity contribution in [3.05, 3.63) is 29.8 Å². The van der Waals surface area contributed by atoms with E-state index in [9.17, 15) is 8.78 Å². The molecular weight excluding hydrogens is 216 g/mol. The predicted octanol–water partition coefficient (Wildman–Crippen LogP) is 3.27. The molecule has 0 bridgehead atoms. The fourth-order valence-electron chi connectivity index (χ4n) is 1.74. The second kappa shape index (κ2) is 4.39. The van der Waals surface area contributed by atoms with E-state index < -0.39 is 11.6 Å². The van der Waals surface area contributed by atoms with Crippen LogP contribution >= 0.6 is 11.8 Å². The number of benzene rings is 1. The van der Waals surface area contributed by atoms with Crippen molar-refractivity contribution >= 4 is 17.4 Å². The van der Waals surface area contributed by atoms with Crippen molar-refractivity contribution in [2.45, 2.75) is 24.6 Å². The number of thioether (sulfide) groups is 1. The van der Waals surface area contributed by atoms with E-state index in [1.165, 1.54) is 12.1 Å². The third-order valence-corrected chi connectivity index (χ3v) is 3.85. The van der Waals surface area contributed by atoms with Gasteiger partial charge in [0, 0.05) is 23.1 Å². The highest BCUT2D eigenvalue weighted by Crippen LogP contribution is 2.29. The second-order valence-electron chi connectivity index (χ2n) is 3.85. The normalized spacial score (nSPS) is 25.5. The van der Waals surface area contributed by atoms with Gasteiger partial charge in [0.15, 0.2) is 0 Å². The molecule has 1 nitrogen and oxygen atoms in total. The van der Waals surface area contributed by atoms with Gasteiger partial charge in [-0.2, -0.15) is 11.8 Å². The smallest absolute Gasteiger partial charge is 0.149 e. The van der Waals surface area contributed by atoms with E-state index in [-0.39, 0.29) is 0 Å². The molecule has 1 fully saturated rings. The van der Waals surface area contributed by atoms with Gasteiger partial charge in [0.05, 0.1) is 5.69 Å². The van der Waals surface area contributed by atoms with Crippen LogP contribution in [0.15, 0.2) is 18.2 Å². The van der Waals surface area contributed by atoms with Crippen LogP contribution in [0.1, 0.15) is 13.3 Å². The Morgan fingerprint density at radius 3 is 2.80 bits per heavy atom. The summed E-state index contributed by atoms with van der Waals surface area (Å²) in [7, 11) is 0. The van der Waals surface area contributed by atoms with E-state index in [1.807, 2.05) is 11.8 Å². The largest absolute Gasteiger partial charge is 0.379 e. The van der Waals surface area contributed by atoms with Crippen molar-refractivity contribution in [3.63, 3.8) is 0 Å². The Balaban J connectivity index is 2.04. The summed E-state index contributed by atoms with van der Waals surface area (Å²) < 4.78 is 25.9. The van der Waals surface area contributed by atoms with Gasteiger partial charge < -0.3 is 5.32 Å². The minimum Gasteiger partial charge on any atom is -0.379 e. The van der Waals surface area contributed by atoms with E-state index in [0.717, 1.165) is 18.2 Å². The van der Waals surface area contributed by atoms with Gasteiger partial charge in [0.2, 0.25) is 0 Å². The number of halogens is 2. The molecule has 0 spiro atoms. The molecule has 2 unspecified atom stereocenters. The standard InChI is InChI=1S/C11H13F2NS/c1-7-4-9(6-15-7)14-11-3-2-8(12)5-10(11)13/h2-3,5,7,9,14H,4,6H2,1H3. The molecule has 2 atom stereocenters. The fraction of sp³-hybridized carbons (Fsp3) is 0.455. The summed E-state index contributed by atoms with van der Waals surface area (Å²) >= 11 is 1.87. The molecule has 1 N–H and O–H groups in total. The van der Waals surface area contributed by atoms with E-state index in [4.69, 9.17) is 0 Å². The molecule has 1 aliphatic rings. The van der Waals surface area contributed by atoms with Crippen LogP contribution in [0, 0.1) is 11.6 Å². The first kappa shape index (κ1) is 10.7. The molecule has 2 rings (SSSR count). The van der Waals surface area contributed by atoms with E-state index in [1.54, 1.807) is 0 Å². The molecule has 1 heterocycles. The maximum Gasteiger partial charge on any atom is 0.149 e. The van der Waals surface area contributed by atoms with Crippen LogP contribution in [0.2, 0.25) is 0 Å². The second-order valence-corrected chi connectivity index (χ2v) is 5.32. The lowest BCUT2D eigenvalue weighted by Crippen LogP contribution is -2.19. The molecule has 1 aromatic rings. The summed E-state index contributed by atoms with van der Waals surface area (Å²) in [4.78, 5) is 0. The highest BCUT2D eigenvalue weighted by atomic mass is 32.2. The summed E-state index contributed by atoms with van der Waals surface area (Å²) in [5.41, 5.74) is 0.399. The van der Waals surface area contributed by atoms with Crippen molar-refractivity contribution in [3.8, 4) is 0 Å². The first-order chi connectivity index (χ1) is 7.15. The summed E-state index contributed by atoms with van der Waals surface area (Å²) in [6.45, 7) is 2.16. The molecule has 0 aliphatic carbocycles. The number of nitrogens with one attached hydrogen (secondary N) is 1. The average Bonchev–Trinajstić information content (AvgIpc) is 2.56. The number of hydrogen-bond acceptors (Lipinski definition) is 2. The molecular formula is C11H13F2NS. The maximum absolute atomic E-state index is 13.3. The Morgan fingerprint density at radius 1 is 1.40 bits per heavy atom. The lowest BCUT2D eigenvalue weighted by molar-refractivity contribution is 0.583. The van der Waals surface area contributed by atoms with Gasteiger partial charge >= 0.3 is 0 Å². The fourth-order valence-corrected chi connectivity index (χ4v) is 2.89. The summed E-state index contributed by atoms with van der Waals surface area (Å²) in [6.07, 6.45) is 1.03. The van der Waals surface area contributed by atoms with Crippen LogP contribution < -0.4 is 5.32 Å². The van der Waals surface area contributed by atoms with E-state index in [0.29, 0.717) is 17.0 Å². The third-order valence-electron chi connectivity index (χ3n) is 2.49. The maximum atomic E-state index is 13.3. The summed E-state index contributed by atoms with van der Waals surface area (Å²) in [5, 5.41) is 3.72. The van der Waals surface area contributed by atoms with Crippen LogP contribution in [0.25, 0.3) is 0 Å². The SMILES string of the molecule is CC1CC(Nc2ccc(F)cc2F)CS1. The zero-order chi connectivity index (χ0) is 10.8. The minimum absolute atomic E-state index is 0.296. The van der Waals surface area contributed by atoms with Gasteiger partial charge in [-0.05, 0) is 18.6 Å². The van der Waals surface area contributed by atoms with Crippen molar-refractivity contribution in [1.29, 1.82) is 0 Å². The average molecular weight is 229 g/mol. The molecule has 1 aromatic carbocycles. The molecule has 82 valence electrons. The first-order valence-corrected chi connectivity index (χ1v) is 6.03. The lowest BCUT2D eigenvalue weighted by Gasteiger charge is -2.13. The number of hydrogen-bond donors (Lipinski definition) is 1. The van der Waals surface area contributed by atoms with Crippen molar-refractivity contribution < 1.29 is 8.78 Å². The van der Waals surface area contributed by atoms with Crippen LogP contribution in [-0.4, -0.2) is 17.0 Å². The van der Waals surface area contributed by atoms with Crippen LogP contribution in [0.5, 0.6) is 0 Å². The van der Waals surface area contributed by atoms with Gasteiger partial charge in [-0.3, -0.25) is 0 Å². The Morgan fingerprint density at radius 2 is 2.20 bits per heavy atom. The zero-order valence-corrected chi connectivity index (χ0v) is 9.28. The molecule has 0 saturated carbocycles. The molecule has 15 heavy (non-hydrogen) atoms. The summed E-state index contributed by atoms with van der Waals surface area (Å²) in [5.74, 6) is -0.0652. The predicted molar refractivity (Wildman–Crippen MR) is 60.3 cm³/mol. The molecule has 0 aromatic heterocycles. The van der Waals surface area contributed by atoms with Gasteiger partial charge in [-0.15, -0.1) is 0 Å². The van der Waals surface area contributed by atoms with Crippen molar-refractivity contribution in [1.82, 2.24) is 0 Å². The molecule has 0 radical (unpaired) electrons. The Hall–Kier alpha value is -0.770. The van der Waals surface area contributed by atoms with Crippen LogP contribution in [-0.2, 0) is 0 Å².